The summed E-state index contributed by atoms with van der Waals surface area (Å²) in [4.78, 5) is 12.5. The van der Waals surface area contributed by atoms with Gasteiger partial charge in [-0.2, -0.15) is 0 Å². The standard InChI is InChI=1S/C10H13NO2/c1-8(12)11(9(2)13)10-6-4-3-5-7-10/h3-8,12H,1-2H3. The lowest BCUT2D eigenvalue weighted by atomic mass is 10.3. The molecule has 1 aromatic rings. The largest absolute Gasteiger partial charge is 0.373 e. The highest BCUT2D eigenvalue weighted by atomic mass is 16.3. The molecular formula is C10H13NO2. The van der Waals surface area contributed by atoms with Crippen molar-refractivity contribution in [1.82, 2.24) is 0 Å². The molecule has 1 aromatic carbocycles. The number of para-hydroxylation sites is 1. The minimum Gasteiger partial charge on any atom is -0.373 e. The van der Waals surface area contributed by atoms with Gasteiger partial charge >= 0.3 is 0 Å². The highest BCUT2D eigenvalue weighted by Crippen LogP contribution is 2.15. The van der Waals surface area contributed by atoms with Crippen LogP contribution < -0.4 is 4.90 Å². The maximum absolute atomic E-state index is 11.2. The molecule has 0 aliphatic heterocycles. The number of hydrogen-bond donors (Lipinski definition) is 1. The van der Waals surface area contributed by atoms with E-state index in [1.807, 2.05) is 18.2 Å². The number of anilines is 1. The lowest BCUT2D eigenvalue weighted by molar-refractivity contribution is -0.118. The number of aliphatic hydroxyl groups excluding tert-OH is 1. The molecule has 0 saturated heterocycles. The van der Waals surface area contributed by atoms with Gasteiger partial charge in [-0.05, 0) is 19.1 Å². The molecule has 0 aliphatic carbocycles. The van der Waals surface area contributed by atoms with Crippen molar-refractivity contribution in [3.63, 3.8) is 0 Å². The second-order valence-corrected chi connectivity index (χ2v) is 2.86. The molecule has 0 fully saturated rings. The molecular weight excluding hydrogens is 166 g/mol. The number of benzene rings is 1. The highest BCUT2D eigenvalue weighted by molar-refractivity contribution is 5.91. The van der Waals surface area contributed by atoms with Gasteiger partial charge in [-0.1, -0.05) is 18.2 Å². The summed E-state index contributed by atoms with van der Waals surface area (Å²) in [5.74, 6) is -0.166. The van der Waals surface area contributed by atoms with Gasteiger partial charge in [0.25, 0.3) is 0 Å². The van der Waals surface area contributed by atoms with Crippen molar-refractivity contribution in [3.05, 3.63) is 30.3 Å². The van der Waals surface area contributed by atoms with Gasteiger partial charge in [0.15, 0.2) is 0 Å². The van der Waals surface area contributed by atoms with E-state index < -0.39 is 6.23 Å². The molecule has 3 nitrogen and oxygen atoms in total. The molecule has 1 rings (SSSR count). The van der Waals surface area contributed by atoms with Crippen LogP contribution in [0.1, 0.15) is 13.8 Å². The van der Waals surface area contributed by atoms with E-state index in [-0.39, 0.29) is 5.91 Å². The maximum Gasteiger partial charge on any atom is 0.225 e. The van der Waals surface area contributed by atoms with Crippen molar-refractivity contribution in [3.8, 4) is 0 Å². The van der Waals surface area contributed by atoms with Crippen LogP contribution in [-0.2, 0) is 4.79 Å². The minimum atomic E-state index is -0.792. The first-order valence-corrected chi connectivity index (χ1v) is 4.16. The Hall–Kier alpha value is -1.35. The van der Waals surface area contributed by atoms with Crippen LogP contribution in [-0.4, -0.2) is 17.2 Å². The summed E-state index contributed by atoms with van der Waals surface area (Å²) in [5.41, 5.74) is 0.713. The first kappa shape index (κ1) is 9.74. The summed E-state index contributed by atoms with van der Waals surface area (Å²) in [7, 11) is 0. The van der Waals surface area contributed by atoms with Crippen LogP contribution in [0.3, 0.4) is 0 Å². The number of carbonyl (C=O) groups excluding carboxylic acids is 1. The molecule has 3 heteroatoms. The van der Waals surface area contributed by atoms with Gasteiger partial charge in [0.05, 0.1) is 0 Å². The fourth-order valence-corrected chi connectivity index (χ4v) is 1.25. The summed E-state index contributed by atoms with van der Waals surface area (Å²) in [5, 5.41) is 9.34. The van der Waals surface area contributed by atoms with E-state index in [9.17, 15) is 9.90 Å². The molecule has 0 spiro atoms. The molecule has 1 unspecified atom stereocenters. The molecule has 0 saturated carbocycles. The molecule has 0 bridgehead atoms. The van der Waals surface area contributed by atoms with Crippen molar-refractivity contribution in [1.29, 1.82) is 0 Å². The van der Waals surface area contributed by atoms with Gasteiger partial charge < -0.3 is 5.11 Å². The molecule has 1 N–H and O–H groups in total. The quantitative estimate of drug-likeness (QED) is 0.697. The van der Waals surface area contributed by atoms with Crippen molar-refractivity contribution in [2.45, 2.75) is 20.1 Å². The topological polar surface area (TPSA) is 40.5 Å². The smallest absolute Gasteiger partial charge is 0.225 e. The SMILES string of the molecule is CC(=O)N(c1ccccc1)C(C)O. The van der Waals surface area contributed by atoms with Crippen LogP contribution in [0.2, 0.25) is 0 Å². The minimum absolute atomic E-state index is 0.166. The monoisotopic (exact) mass is 179 g/mol. The van der Waals surface area contributed by atoms with Crippen LogP contribution in [0.15, 0.2) is 30.3 Å². The number of carbonyl (C=O) groups is 1. The number of hydrogen-bond acceptors (Lipinski definition) is 2. The Kier molecular flexibility index (Phi) is 3.03. The summed E-state index contributed by atoms with van der Waals surface area (Å²) >= 11 is 0. The predicted octanol–water partition coefficient (Wildman–Crippen LogP) is 1.38. The first-order chi connectivity index (χ1) is 6.13. The average molecular weight is 179 g/mol. The Labute approximate surface area is 77.6 Å². The van der Waals surface area contributed by atoms with Crippen LogP contribution >= 0.6 is 0 Å². The third-order valence-electron chi connectivity index (χ3n) is 1.75. The number of amides is 1. The Morgan fingerprint density at radius 3 is 2.31 bits per heavy atom. The molecule has 1 atom stereocenters. The van der Waals surface area contributed by atoms with Crippen molar-refractivity contribution < 1.29 is 9.90 Å². The van der Waals surface area contributed by atoms with Gasteiger partial charge in [0.2, 0.25) is 5.91 Å². The van der Waals surface area contributed by atoms with E-state index in [1.54, 1.807) is 19.1 Å². The molecule has 0 heterocycles. The highest BCUT2D eigenvalue weighted by Gasteiger charge is 2.15. The Morgan fingerprint density at radius 1 is 1.38 bits per heavy atom. The van der Waals surface area contributed by atoms with Gasteiger partial charge in [-0.15, -0.1) is 0 Å². The molecule has 0 aliphatic rings. The number of aliphatic hydroxyl groups is 1. The Balaban J connectivity index is 2.96. The molecule has 1 amide bonds. The van der Waals surface area contributed by atoms with Crippen molar-refractivity contribution in [2.75, 3.05) is 4.90 Å². The van der Waals surface area contributed by atoms with Crippen LogP contribution in [0.5, 0.6) is 0 Å². The van der Waals surface area contributed by atoms with E-state index in [0.717, 1.165) is 0 Å². The zero-order valence-corrected chi connectivity index (χ0v) is 7.77. The molecule has 13 heavy (non-hydrogen) atoms. The predicted molar refractivity (Wildman–Crippen MR) is 51.3 cm³/mol. The Morgan fingerprint density at radius 2 is 1.92 bits per heavy atom. The summed E-state index contributed by atoms with van der Waals surface area (Å²) in [6.07, 6.45) is -0.792. The first-order valence-electron chi connectivity index (χ1n) is 4.16. The number of nitrogens with zero attached hydrogens (tertiary/aromatic N) is 1. The summed E-state index contributed by atoms with van der Waals surface area (Å²) in [6, 6.07) is 9.09. The lowest BCUT2D eigenvalue weighted by Gasteiger charge is -2.23. The van der Waals surface area contributed by atoms with Gasteiger partial charge in [-0.3, -0.25) is 9.69 Å². The van der Waals surface area contributed by atoms with Gasteiger partial charge in [0, 0.05) is 12.6 Å². The van der Waals surface area contributed by atoms with Gasteiger partial charge in [-0.25, -0.2) is 0 Å². The van der Waals surface area contributed by atoms with E-state index in [1.165, 1.54) is 11.8 Å². The molecule has 70 valence electrons. The zero-order chi connectivity index (χ0) is 9.84. The Bertz CT molecular complexity index is 282. The molecule has 0 radical (unpaired) electrons. The summed E-state index contributed by atoms with van der Waals surface area (Å²) in [6.45, 7) is 2.99. The lowest BCUT2D eigenvalue weighted by Crippen LogP contribution is -2.36. The fraction of sp³-hybridized carbons (Fsp3) is 0.300. The van der Waals surface area contributed by atoms with E-state index >= 15 is 0 Å². The van der Waals surface area contributed by atoms with Crippen molar-refractivity contribution >= 4 is 11.6 Å². The van der Waals surface area contributed by atoms with Gasteiger partial charge in [0.1, 0.15) is 6.23 Å². The second-order valence-electron chi connectivity index (χ2n) is 2.86. The second kappa shape index (κ2) is 4.05. The average Bonchev–Trinajstić information content (AvgIpc) is 2.04. The fourth-order valence-electron chi connectivity index (χ4n) is 1.25. The maximum atomic E-state index is 11.2. The van der Waals surface area contributed by atoms with Crippen molar-refractivity contribution in [2.24, 2.45) is 0 Å². The number of rotatable bonds is 2. The van der Waals surface area contributed by atoms with Crippen LogP contribution in [0.4, 0.5) is 5.69 Å². The van der Waals surface area contributed by atoms with E-state index in [0.29, 0.717) is 5.69 Å². The molecule has 0 aromatic heterocycles. The third kappa shape index (κ3) is 2.29. The van der Waals surface area contributed by atoms with Crippen LogP contribution in [0.25, 0.3) is 0 Å². The summed E-state index contributed by atoms with van der Waals surface area (Å²) < 4.78 is 0. The zero-order valence-electron chi connectivity index (χ0n) is 7.77. The third-order valence-corrected chi connectivity index (χ3v) is 1.75. The van der Waals surface area contributed by atoms with E-state index in [4.69, 9.17) is 0 Å². The normalized spacial score (nSPS) is 12.2. The van der Waals surface area contributed by atoms with Crippen LogP contribution in [0, 0.1) is 0 Å². The van der Waals surface area contributed by atoms with E-state index in [2.05, 4.69) is 0 Å².